The van der Waals surface area contributed by atoms with Gasteiger partial charge in [-0.25, -0.2) is 9.97 Å². The number of aryl methyl sites for hydroxylation is 1. The third kappa shape index (κ3) is 3.10. The molecule has 1 aliphatic carbocycles. The first-order valence-corrected chi connectivity index (χ1v) is 6.72. The summed E-state index contributed by atoms with van der Waals surface area (Å²) in [5.74, 6) is 0.137. The van der Waals surface area contributed by atoms with Crippen LogP contribution in [0, 0.1) is 0 Å². The molecule has 1 aromatic carbocycles. The van der Waals surface area contributed by atoms with E-state index in [2.05, 4.69) is 14.7 Å². The number of rotatable bonds is 2. The maximum Gasteiger partial charge on any atom is 0.573 e. The van der Waals surface area contributed by atoms with Crippen LogP contribution in [0.25, 0.3) is 11.4 Å². The van der Waals surface area contributed by atoms with E-state index in [4.69, 9.17) is 11.6 Å². The Kier molecular flexibility index (Phi) is 3.49. The smallest absolute Gasteiger partial charge is 0.406 e. The van der Waals surface area contributed by atoms with Gasteiger partial charge in [-0.3, -0.25) is 0 Å². The SMILES string of the molecule is FC(F)(F)Oc1ccc(-c2nc(Cl)c3c(n2)CCC3)cc1. The summed E-state index contributed by atoms with van der Waals surface area (Å²) >= 11 is 6.12. The predicted molar refractivity (Wildman–Crippen MR) is 71.2 cm³/mol. The molecule has 0 saturated carbocycles. The molecule has 7 heteroatoms. The van der Waals surface area contributed by atoms with Gasteiger partial charge in [0, 0.05) is 16.8 Å². The standard InChI is InChI=1S/C14H10ClF3N2O/c15-12-10-2-1-3-11(10)19-13(20-12)8-4-6-9(7-5-8)21-14(16,17)18/h4-7H,1-3H2. The van der Waals surface area contributed by atoms with Gasteiger partial charge in [0.1, 0.15) is 10.9 Å². The Morgan fingerprint density at radius 3 is 2.43 bits per heavy atom. The van der Waals surface area contributed by atoms with Crippen molar-refractivity contribution < 1.29 is 17.9 Å². The molecule has 0 fully saturated rings. The molecule has 110 valence electrons. The summed E-state index contributed by atoms with van der Waals surface area (Å²) in [7, 11) is 0. The molecule has 0 aliphatic heterocycles. The first-order chi connectivity index (χ1) is 9.92. The lowest BCUT2D eigenvalue weighted by atomic mass is 10.2. The van der Waals surface area contributed by atoms with Crippen LogP contribution in [0.2, 0.25) is 5.15 Å². The summed E-state index contributed by atoms with van der Waals surface area (Å²) in [6, 6.07) is 5.42. The van der Waals surface area contributed by atoms with Crippen LogP contribution in [0.15, 0.2) is 24.3 Å². The fourth-order valence-corrected chi connectivity index (χ4v) is 2.61. The third-order valence-corrected chi connectivity index (χ3v) is 3.54. The Morgan fingerprint density at radius 1 is 1.05 bits per heavy atom. The first kappa shape index (κ1) is 14.1. The minimum atomic E-state index is -4.70. The van der Waals surface area contributed by atoms with E-state index in [1.165, 1.54) is 24.3 Å². The van der Waals surface area contributed by atoms with Gasteiger partial charge in [-0.2, -0.15) is 0 Å². The van der Waals surface area contributed by atoms with Crippen molar-refractivity contribution in [2.75, 3.05) is 0 Å². The minimum Gasteiger partial charge on any atom is -0.406 e. The van der Waals surface area contributed by atoms with Crippen molar-refractivity contribution in [3.8, 4) is 17.1 Å². The predicted octanol–water partition coefficient (Wildman–Crippen LogP) is 4.18. The van der Waals surface area contributed by atoms with E-state index in [0.29, 0.717) is 16.5 Å². The number of hydrogen-bond acceptors (Lipinski definition) is 3. The maximum absolute atomic E-state index is 12.1. The number of halogens is 4. The van der Waals surface area contributed by atoms with Crippen LogP contribution in [-0.2, 0) is 12.8 Å². The molecule has 1 aromatic heterocycles. The average molecular weight is 315 g/mol. The van der Waals surface area contributed by atoms with Crippen LogP contribution in [0.4, 0.5) is 13.2 Å². The van der Waals surface area contributed by atoms with Crippen LogP contribution in [-0.4, -0.2) is 16.3 Å². The molecule has 1 heterocycles. The normalized spacial score (nSPS) is 14.1. The number of aromatic nitrogens is 2. The average Bonchev–Trinajstić information content (AvgIpc) is 2.86. The summed E-state index contributed by atoms with van der Waals surface area (Å²) in [5.41, 5.74) is 2.49. The van der Waals surface area contributed by atoms with Crippen molar-refractivity contribution in [3.63, 3.8) is 0 Å². The fraction of sp³-hybridized carbons (Fsp3) is 0.286. The van der Waals surface area contributed by atoms with Crippen LogP contribution in [0.3, 0.4) is 0 Å². The second kappa shape index (κ2) is 5.18. The number of ether oxygens (including phenoxy) is 1. The molecule has 0 atom stereocenters. The molecule has 0 amide bonds. The van der Waals surface area contributed by atoms with Crippen molar-refractivity contribution in [3.05, 3.63) is 40.7 Å². The highest BCUT2D eigenvalue weighted by Crippen LogP contribution is 2.30. The molecule has 0 unspecified atom stereocenters. The molecule has 0 radical (unpaired) electrons. The minimum absolute atomic E-state index is 0.279. The second-order valence-corrected chi connectivity index (χ2v) is 5.05. The largest absolute Gasteiger partial charge is 0.573 e. The van der Waals surface area contributed by atoms with Gasteiger partial charge in [-0.15, -0.1) is 13.2 Å². The quantitative estimate of drug-likeness (QED) is 0.780. The molecule has 0 bridgehead atoms. The monoisotopic (exact) mass is 314 g/mol. The Balaban J connectivity index is 1.89. The molecular weight excluding hydrogens is 305 g/mol. The topological polar surface area (TPSA) is 35.0 Å². The number of benzene rings is 1. The summed E-state index contributed by atoms with van der Waals surface area (Å²) in [6.45, 7) is 0. The molecule has 0 spiro atoms. The van der Waals surface area contributed by atoms with Crippen LogP contribution in [0.1, 0.15) is 17.7 Å². The molecule has 0 N–H and O–H groups in total. The van der Waals surface area contributed by atoms with Gasteiger partial charge in [0.25, 0.3) is 0 Å². The van der Waals surface area contributed by atoms with Gasteiger partial charge in [0.15, 0.2) is 5.82 Å². The molecule has 3 nitrogen and oxygen atoms in total. The zero-order valence-corrected chi connectivity index (χ0v) is 11.5. The van der Waals surface area contributed by atoms with E-state index in [-0.39, 0.29) is 5.75 Å². The Bertz CT molecular complexity index is 671. The van der Waals surface area contributed by atoms with Crippen molar-refractivity contribution in [1.29, 1.82) is 0 Å². The van der Waals surface area contributed by atoms with Gasteiger partial charge < -0.3 is 4.74 Å². The highest BCUT2D eigenvalue weighted by Gasteiger charge is 2.31. The van der Waals surface area contributed by atoms with E-state index in [0.717, 1.165) is 30.5 Å². The van der Waals surface area contributed by atoms with Crippen LogP contribution in [0.5, 0.6) is 5.75 Å². The second-order valence-electron chi connectivity index (χ2n) is 4.69. The molecular formula is C14H10ClF3N2O. The number of hydrogen-bond donors (Lipinski definition) is 0. The zero-order chi connectivity index (χ0) is 15.0. The van der Waals surface area contributed by atoms with Gasteiger partial charge >= 0.3 is 6.36 Å². The van der Waals surface area contributed by atoms with Crippen molar-refractivity contribution >= 4 is 11.6 Å². The lowest BCUT2D eigenvalue weighted by Crippen LogP contribution is -2.16. The summed E-state index contributed by atoms with van der Waals surface area (Å²) in [6.07, 6.45) is -1.99. The van der Waals surface area contributed by atoms with Gasteiger partial charge in [-0.1, -0.05) is 11.6 Å². The summed E-state index contributed by atoms with van der Waals surface area (Å²) in [5, 5.41) is 0.420. The van der Waals surface area contributed by atoms with Gasteiger partial charge in [0.05, 0.1) is 0 Å². The fourth-order valence-electron chi connectivity index (χ4n) is 2.32. The van der Waals surface area contributed by atoms with Crippen molar-refractivity contribution in [1.82, 2.24) is 9.97 Å². The molecule has 2 aromatic rings. The first-order valence-electron chi connectivity index (χ1n) is 6.34. The Hall–Kier alpha value is -1.82. The van der Waals surface area contributed by atoms with Crippen molar-refractivity contribution in [2.24, 2.45) is 0 Å². The highest BCUT2D eigenvalue weighted by atomic mass is 35.5. The third-order valence-electron chi connectivity index (χ3n) is 3.23. The Morgan fingerprint density at radius 2 is 1.76 bits per heavy atom. The lowest BCUT2D eigenvalue weighted by molar-refractivity contribution is -0.274. The highest BCUT2D eigenvalue weighted by molar-refractivity contribution is 6.30. The van der Waals surface area contributed by atoms with E-state index in [9.17, 15) is 13.2 Å². The van der Waals surface area contributed by atoms with E-state index in [1.807, 2.05) is 0 Å². The molecule has 0 saturated heterocycles. The number of fused-ring (bicyclic) bond motifs is 1. The number of nitrogens with zero attached hydrogens (tertiary/aromatic N) is 2. The van der Waals surface area contributed by atoms with Crippen LogP contribution < -0.4 is 4.74 Å². The van der Waals surface area contributed by atoms with Crippen LogP contribution >= 0.6 is 11.6 Å². The Labute approximate surface area is 123 Å². The molecule has 21 heavy (non-hydrogen) atoms. The summed E-state index contributed by atoms with van der Waals surface area (Å²) in [4.78, 5) is 8.64. The lowest BCUT2D eigenvalue weighted by Gasteiger charge is -2.09. The van der Waals surface area contributed by atoms with E-state index < -0.39 is 6.36 Å². The maximum atomic E-state index is 12.1. The molecule has 3 rings (SSSR count). The van der Waals surface area contributed by atoms with E-state index in [1.54, 1.807) is 0 Å². The van der Waals surface area contributed by atoms with Crippen molar-refractivity contribution in [2.45, 2.75) is 25.6 Å². The number of alkyl halides is 3. The van der Waals surface area contributed by atoms with E-state index >= 15 is 0 Å². The zero-order valence-electron chi connectivity index (χ0n) is 10.7. The molecule has 1 aliphatic rings. The van der Waals surface area contributed by atoms with Gasteiger partial charge in [-0.05, 0) is 43.5 Å². The summed E-state index contributed by atoms with van der Waals surface area (Å²) < 4.78 is 40.1. The van der Waals surface area contributed by atoms with Gasteiger partial charge in [0.2, 0.25) is 0 Å².